The molecule has 0 spiro atoms. The van der Waals surface area contributed by atoms with E-state index >= 15 is 0 Å². The molecular formula is C9H9BrN4O3S. The Morgan fingerprint density at radius 3 is 2.89 bits per heavy atom. The first-order valence-corrected chi connectivity index (χ1v) is 7.21. The number of rotatable bonds is 5. The van der Waals surface area contributed by atoms with Crippen LogP contribution in [0.1, 0.15) is 5.82 Å². The molecule has 0 aromatic carbocycles. The van der Waals surface area contributed by atoms with Crippen LogP contribution in [-0.2, 0) is 16.4 Å². The maximum atomic E-state index is 11.9. The first-order chi connectivity index (χ1) is 8.58. The maximum Gasteiger partial charge on any atom is 0.242 e. The van der Waals surface area contributed by atoms with Crippen molar-refractivity contribution in [1.82, 2.24) is 19.8 Å². The third-order valence-corrected chi connectivity index (χ3v) is 3.90. The largest absolute Gasteiger partial charge is 0.343 e. The Morgan fingerprint density at radius 2 is 2.22 bits per heavy atom. The molecule has 2 aromatic heterocycles. The molecule has 18 heavy (non-hydrogen) atoms. The number of halogens is 1. The molecule has 7 nitrogen and oxygen atoms in total. The molecule has 0 bridgehead atoms. The molecule has 0 fully saturated rings. The van der Waals surface area contributed by atoms with E-state index in [1.807, 2.05) is 0 Å². The summed E-state index contributed by atoms with van der Waals surface area (Å²) in [4.78, 5) is 7.69. The lowest BCUT2D eigenvalue weighted by atomic mass is 10.4. The van der Waals surface area contributed by atoms with Crippen LogP contribution in [0.5, 0.6) is 0 Å². The summed E-state index contributed by atoms with van der Waals surface area (Å²) >= 11 is 3.17. The number of hydrogen-bond donors (Lipinski definition) is 1. The second-order valence-corrected chi connectivity index (χ2v) is 6.02. The van der Waals surface area contributed by atoms with E-state index in [1.54, 1.807) is 0 Å². The van der Waals surface area contributed by atoms with Crippen LogP contribution in [0.15, 0.2) is 38.7 Å². The van der Waals surface area contributed by atoms with Gasteiger partial charge in [0.2, 0.25) is 16.4 Å². The highest BCUT2D eigenvalue weighted by molar-refractivity contribution is 9.10. The van der Waals surface area contributed by atoms with Gasteiger partial charge in [0, 0.05) is 29.8 Å². The summed E-state index contributed by atoms with van der Waals surface area (Å²) in [5, 5.41) is 3.58. The van der Waals surface area contributed by atoms with Crippen LogP contribution in [0.2, 0.25) is 0 Å². The summed E-state index contributed by atoms with van der Waals surface area (Å²) in [5.41, 5.74) is 0. The minimum Gasteiger partial charge on any atom is -0.343 e. The zero-order valence-corrected chi connectivity index (χ0v) is 11.5. The number of hydrogen-bond acceptors (Lipinski definition) is 6. The quantitative estimate of drug-likeness (QED) is 0.867. The van der Waals surface area contributed by atoms with Gasteiger partial charge in [0.1, 0.15) is 4.90 Å². The van der Waals surface area contributed by atoms with E-state index < -0.39 is 10.0 Å². The number of aromatic nitrogens is 3. The monoisotopic (exact) mass is 332 g/mol. The maximum absolute atomic E-state index is 11.9. The van der Waals surface area contributed by atoms with Crippen molar-refractivity contribution in [1.29, 1.82) is 0 Å². The molecule has 0 aliphatic rings. The second kappa shape index (κ2) is 5.55. The topological polar surface area (TPSA) is 98.0 Å². The van der Waals surface area contributed by atoms with Gasteiger partial charge in [-0.2, -0.15) is 4.98 Å². The zero-order valence-electron chi connectivity index (χ0n) is 9.08. The molecule has 0 atom stereocenters. The average Bonchev–Trinajstić information content (AvgIpc) is 2.82. The van der Waals surface area contributed by atoms with E-state index in [9.17, 15) is 8.42 Å². The molecule has 2 rings (SSSR count). The zero-order chi connectivity index (χ0) is 13.0. The Morgan fingerprint density at radius 1 is 1.39 bits per heavy atom. The van der Waals surface area contributed by atoms with E-state index in [4.69, 9.17) is 0 Å². The Labute approximate surface area is 112 Å². The lowest BCUT2D eigenvalue weighted by molar-refractivity contribution is 0.410. The molecule has 0 radical (unpaired) electrons. The summed E-state index contributed by atoms with van der Waals surface area (Å²) in [6, 6.07) is 1.48. The molecule has 9 heteroatoms. The normalized spacial score (nSPS) is 11.6. The van der Waals surface area contributed by atoms with Crippen LogP contribution in [-0.4, -0.2) is 30.1 Å². The van der Waals surface area contributed by atoms with Crippen molar-refractivity contribution in [3.8, 4) is 0 Å². The third kappa shape index (κ3) is 3.34. The predicted octanol–water partition coefficient (Wildman–Crippen LogP) is 0.748. The van der Waals surface area contributed by atoms with E-state index in [0.717, 1.165) is 0 Å². The Bertz CT molecular complexity index is 615. The van der Waals surface area contributed by atoms with Gasteiger partial charge in [0.05, 0.1) is 0 Å². The first kappa shape index (κ1) is 13.1. The van der Waals surface area contributed by atoms with Gasteiger partial charge in [-0.1, -0.05) is 5.16 Å². The van der Waals surface area contributed by atoms with E-state index in [0.29, 0.717) is 16.7 Å². The summed E-state index contributed by atoms with van der Waals surface area (Å²) in [7, 11) is -3.56. The van der Waals surface area contributed by atoms with Crippen molar-refractivity contribution >= 4 is 26.0 Å². The second-order valence-electron chi connectivity index (χ2n) is 3.33. The molecule has 1 N–H and O–H groups in total. The van der Waals surface area contributed by atoms with Gasteiger partial charge in [0.25, 0.3) is 0 Å². The number of pyridine rings is 1. The Balaban J connectivity index is 1.99. The van der Waals surface area contributed by atoms with Gasteiger partial charge in [-0.15, -0.1) is 0 Å². The van der Waals surface area contributed by atoms with Crippen LogP contribution < -0.4 is 4.72 Å². The molecule has 0 aliphatic carbocycles. The number of nitrogens with one attached hydrogen (secondary N) is 1. The van der Waals surface area contributed by atoms with Crippen molar-refractivity contribution < 1.29 is 12.9 Å². The van der Waals surface area contributed by atoms with E-state index in [-0.39, 0.29) is 11.4 Å². The summed E-state index contributed by atoms with van der Waals surface area (Å²) in [5.74, 6) is 0.449. The molecule has 0 saturated carbocycles. The third-order valence-electron chi connectivity index (χ3n) is 2.04. The van der Waals surface area contributed by atoms with Gasteiger partial charge >= 0.3 is 0 Å². The van der Waals surface area contributed by atoms with Crippen LogP contribution in [0.25, 0.3) is 0 Å². The van der Waals surface area contributed by atoms with Crippen molar-refractivity contribution in [2.75, 3.05) is 6.54 Å². The molecule has 96 valence electrons. The summed E-state index contributed by atoms with van der Waals surface area (Å²) in [6.45, 7) is 0.189. The molecule has 0 amide bonds. The highest BCUT2D eigenvalue weighted by Gasteiger charge is 2.14. The highest BCUT2D eigenvalue weighted by Crippen LogP contribution is 2.13. The molecular weight excluding hydrogens is 324 g/mol. The molecule has 2 aromatic rings. The van der Waals surface area contributed by atoms with E-state index in [1.165, 1.54) is 24.9 Å². The van der Waals surface area contributed by atoms with Gasteiger partial charge in [-0.05, 0) is 22.0 Å². The Kier molecular flexibility index (Phi) is 4.04. The van der Waals surface area contributed by atoms with Crippen molar-refractivity contribution in [3.63, 3.8) is 0 Å². The van der Waals surface area contributed by atoms with Crippen LogP contribution in [0.4, 0.5) is 0 Å². The molecule has 0 saturated heterocycles. The summed E-state index contributed by atoms with van der Waals surface area (Å²) < 4.78 is 31.3. The van der Waals surface area contributed by atoms with Crippen LogP contribution >= 0.6 is 15.9 Å². The average molecular weight is 333 g/mol. The number of sulfonamides is 1. The minimum atomic E-state index is -3.56. The predicted molar refractivity (Wildman–Crippen MR) is 65.1 cm³/mol. The van der Waals surface area contributed by atoms with Gasteiger partial charge < -0.3 is 4.52 Å². The van der Waals surface area contributed by atoms with Crippen molar-refractivity contribution in [2.24, 2.45) is 0 Å². The molecule has 0 unspecified atom stereocenters. The first-order valence-electron chi connectivity index (χ1n) is 4.93. The Hall–Kier alpha value is -1.32. The fourth-order valence-corrected chi connectivity index (χ4v) is 2.76. The van der Waals surface area contributed by atoms with Crippen LogP contribution in [0.3, 0.4) is 0 Å². The van der Waals surface area contributed by atoms with Crippen molar-refractivity contribution in [3.05, 3.63) is 35.2 Å². The standard InChI is InChI=1S/C9H9BrN4O3S/c10-7-3-8(5-11-4-7)18(15,16)13-2-1-9-12-6-17-14-9/h3-6,13H,1-2H2. The van der Waals surface area contributed by atoms with Crippen LogP contribution in [0, 0.1) is 0 Å². The highest BCUT2D eigenvalue weighted by atomic mass is 79.9. The fourth-order valence-electron chi connectivity index (χ4n) is 1.22. The van der Waals surface area contributed by atoms with Gasteiger partial charge in [0.15, 0.2) is 5.82 Å². The SMILES string of the molecule is O=S(=O)(NCCc1ncon1)c1cncc(Br)c1. The number of nitrogens with zero attached hydrogens (tertiary/aromatic N) is 3. The van der Waals surface area contributed by atoms with Crippen molar-refractivity contribution in [2.45, 2.75) is 11.3 Å². The fraction of sp³-hybridized carbons (Fsp3) is 0.222. The molecule has 0 aliphatic heterocycles. The minimum absolute atomic E-state index is 0.102. The van der Waals surface area contributed by atoms with Gasteiger partial charge in [-0.3, -0.25) is 4.98 Å². The lowest BCUT2D eigenvalue weighted by Gasteiger charge is -2.05. The molecule has 2 heterocycles. The lowest BCUT2D eigenvalue weighted by Crippen LogP contribution is -2.26. The van der Waals surface area contributed by atoms with E-state index in [2.05, 4.69) is 40.3 Å². The summed E-state index contributed by atoms with van der Waals surface area (Å²) in [6.07, 6.45) is 4.35. The smallest absolute Gasteiger partial charge is 0.242 e. The van der Waals surface area contributed by atoms with Gasteiger partial charge in [-0.25, -0.2) is 13.1 Å².